The molecule has 0 radical (unpaired) electrons. The molecular weight excluding hydrogens is 196 g/mol. The molecule has 0 aromatic carbocycles. The average Bonchev–Trinajstić information content (AvgIpc) is 2.06. The standard InChI is InChI=1S/C10H20N2O3/c1-10(2,3)15-9(14)12-5-4-8(13)7(11)6-12/h7-8,13H,4-6,11H2,1-3H3/t7-,8-/m0/s1. The first-order chi connectivity index (χ1) is 6.79. The maximum atomic E-state index is 11.6. The van der Waals surface area contributed by atoms with Crippen molar-refractivity contribution in [1.82, 2.24) is 4.90 Å². The minimum absolute atomic E-state index is 0.357. The first-order valence-electron chi connectivity index (χ1n) is 5.21. The van der Waals surface area contributed by atoms with Crippen LogP contribution in [-0.2, 0) is 4.74 Å². The molecule has 1 rings (SSSR count). The highest BCUT2D eigenvalue weighted by Crippen LogP contribution is 2.14. The molecule has 1 saturated heterocycles. The number of carbonyl (C=O) groups excluding carboxylic acids is 1. The Labute approximate surface area is 90.2 Å². The molecule has 3 N–H and O–H groups in total. The third-order valence-electron chi connectivity index (χ3n) is 2.27. The van der Waals surface area contributed by atoms with Crippen LogP contribution in [-0.4, -0.2) is 46.9 Å². The number of piperidine rings is 1. The summed E-state index contributed by atoms with van der Waals surface area (Å²) in [7, 11) is 0. The molecule has 1 heterocycles. The average molecular weight is 216 g/mol. The van der Waals surface area contributed by atoms with Crippen molar-refractivity contribution in [2.45, 2.75) is 44.9 Å². The molecule has 1 aliphatic rings. The summed E-state index contributed by atoms with van der Waals surface area (Å²) in [5.41, 5.74) is 5.18. The first-order valence-corrected chi connectivity index (χ1v) is 5.21. The van der Waals surface area contributed by atoms with Crippen LogP contribution < -0.4 is 5.73 Å². The zero-order valence-corrected chi connectivity index (χ0v) is 9.56. The van der Waals surface area contributed by atoms with Crippen molar-refractivity contribution in [3.63, 3.8) is 0 Å². The zero-order chi connectivity index (χ0) is 11.6. The molecule has 5 heteroatoms. The van der Waals surface area contributed by atoms with E-state index in [9.17, 15) is 9.90 Å². The molecule has 2 atom stereocenters. The summed E-state index contributed by atoms with van der Waals surface area (Å²) < 4.78 is 5.21. The predicted molar refractivity (Wildman–Crippen MR) is 56.4 cm³/mol. The number of hydrogen-bond donors (Lipinski definition) is 2. The van der Waals surface area contributed by atoms with Gasteiger partial charge in [0.15, 0.2) is 0 Å². The van der Waals surface area contributed by atoms with Crippen molar-refractivity contribution in [3.05, 3.63) is 0 Å². The van der Waals surface area contributed by atoms with Gasteiger partial charge in [-0.05, 0) is 27.2 Å². The van der Waals surface area contributed by atoms with E-state index in [-0.39, 0.29) is 12.1 Å². The van der Waals surface area contributed by atoms with E-state index in [2.05, 4.69) is 0 Å². The van der Waals surface area contributed by atoms with Gasteiger partial charge in [-0.3, -0.25) is 0 Å². The smallest absolute Gasteiger partial charge is 0.410 e. The lowest BCUT2D eigenvalue weighted by atomic mass is 10.0. The largest absolute Gasteiger partial charge is 0.444 e. The summed E-state index contributed by atoms with van der Waals surface area (Å²) in [6.45, 7) is 6.33. The molecule has 0 aromatic rings. The normalized spacial score (nSPS) is 27.7. The Morgan fingerprint density at radius 3 is 2.60 bits per heavy atom. The molecule has 0 aliphatic carbocycles. The number of hydrogen-bond acceptors (Lipinski definition) is 4. The number of aliphatic hydroxyl groups is 1. The number of amides is 1. The van der Waals surface area contributed by atoms with Crippen LogP contribution in [0.2, 0.25) is 0 Å². The molecule has 0 bridgehead atoms. The molecule has 15 heavy (non-hydrogen) atoms. The summed E-state index contributed by atoms with van der Waals surface area (Å²) in [5.74, 6) is 0. The Balaban J connectivity index is 2.48. The summed E-state index contributed by atoms with van der Waals surface area (Å²) >= 11 is 0. The van der Waals surface area contributed by atoms with Crippen LogP contribution in [0, 0.1) is 0 Å². The molecule has 1 fully saturated rings. The van der Waals surface area contributed by atoms with Crippen LogP contribution in [0.25, 0.3) is 0 Å². The van der Waals surface area contributed by atoms with Gasteiger partial charge in [-0.2, -0.15) is 0 Å². The number of carbonyl (C=O) groups is 1. The number of nitrogens with two attached hydrogens (primary N) is 1. The van der Waals surface area contributed by atoms with E-state index in [0.29, 0.717) is 19.5 Å². The Bertz CT molecular complexity index is 237. The SMILES string of the molecule is CC(C)(C)OC(=O)N1CC[C@H](O)[C@@H](N)C1. The van der Waals surface area contributed by atoms with Crippen LogP contribution in [0.1, 0.15) is 27.2 Å². The van der Waals surface area contributed by atoms with E-state index < -0.39 is 11.7 Å². The van der Waals surface area contributed by atoms with Gasteiger partial charge < -0.3 is 20.5 Å². The minimum atomic E-state index is -0.510. The van der Waals surface area contributed by atoms with Crippen molar-refractivity contribution in [3.8, 4) is 0 Å². The van der Waals surface area contributed by atoms with E-state index in [4.69, 9.17) is 10.5 Å². The quantitative estimate of drug-likeness (QED) is 0.611. The Morgan fingerprint density at radius 1 is 1.53 bits per heavy atom. The van der Waals surface area contributed by atoms with Crippen molar-refractivity contribution in [2.75, 3.05) is 13.1 Å². The number of aliphatic hydroxyl groups excluding tert-OH is 1. The van der Waals surface area contributed by atoms with Gasteiger partial charge in [0, 0.05) is 19.1 Å². The van der Waals surface area contributed by atoms with E-state index in [0.717, 1.165) is 0 Å². The minimum Gasteiger partial charge on any atom is -0.444 e. The zero-order valence-electron chi connectivity index (χ0n) is 9.56. The second-order valence-electron chi connectivity index (χ2n) is 4.95. The van der Waals surface area contributed by atoms with Crippen LogP contribution in [0.4, 0.5) is 4.79 Å². The molecule has 0 spiro atoms. The van der Waals surface area contributed by atoms with Gasteiger partial charge >= 0.3 is 6.09 Å². The fraction of sp³-hybridized carbons (Fsp3) is 0.900. The second-order valence-corrected chi connectivity index (χ2v) is 4.95. The van der Waals surface area contributed by atoms with Crippen molar-refractivity contribution in [2.24, 2.45) is 5.73 Å². The highest BCUT2D eigenvalue weighted by molar-refractivity contribution is 5.68. The molecule has 1 amide bonds. The monoisotopic (exact) mass is 216 g/mol. The maximum Gasteiger partial charge on any atom is 0.410 e. The van der Waals surface area contributed by atoms with Gasteiger partial charge in [0.2, 0.25) is 0 Å². The van der Waals surface area contributed by atoms with E-state index in [1.165, 1.54) is 0 Å². The summed E-state index contributed by atoms with van der Waals surface area (Å²) in [6, 6.07) is -0.369. The lowest BCUT2D eigenvalue weighted by molar-refractivity contribution is 0.00490. The summed E-state index contributed by atoms with van der Waals surface area (Å²) in [5, 5.41) is 9.41. The Kier molecular flexibility index (Phi) is 3.57. The van der Waals surface area contributed by atoms with Crippen molar-refractivity contribution < 1.29 is 14.6 Å². The molecule has 0 aromatic heterocycles. The Morgan fingerprint density at radius 2 is 2.13 bits per heavy atom. The highest BCUT2D eigenvalue weighted by Gasteiger charge is 2.30. The number of ether oxygens (including phenoxy) is 1. The fourth-order valence-electron chi connectivity index (χ4n) is 1.46. The number of nitrogens with zero attached hydrogens (tertiary/aromatic N) is 1. The lowest BCUT2D eigenvalue weighted by Gasteiger charge is -2.35. The molecule has 88 valence electrons. The van der Waals surface area contributed by atoms with Gasteiger partial charge in [-0.25, -0.2) is 4.79 Å². The van der Waals surface area contributed by atoms with E-state index in [1.807, 2.05) is 20.8 Å². The fourth-order valence-corrected chi connectivity index (χ4v) is 1.46. The van der Waals surface area contributed by atoms with Gasteiger partial charge in [0.25, 0.3) is 0 Å². The summed E-state index contributed by atoms with van der Waals surface area (Å²) in [6.07, 6.45) is -0.353. The summed E-state index contributed by atoms with van der Waals surface area (Å²) in [4.78, 5) is 13.2. The molecule has 0 saturated carbocycles. The first kappa shape index (κ1) is 12.3. The second kappa shape index (κ2) is 4.37. The topological polar surface area (TPSA) is 75.8 Å². The van der Waals surface area contributed by atoms with Crippen molar-refractivity contribution >= 4 is 6.09 Å². The molecule has 5 nitrogen and oxygen atoms in total. The van der Waals surface area contributed by atoms with Crippen LogP contribution in [0.15, 0.2) is 0 Å². The van der Waals surface area contributed by atoms with Gasteiger partial charge in [-0.15, -0.1) is 0 Å². The predicted octanol–water partition coefficient (Wildman–Crippen LogP) is 0.315. The molecule has 1 aliphatic heterocycles. The van der Waals surface area contributed by atoms with Gasteiger partial charge in [0.1, 0.15) is 5.60 Å². The molecular formula is C10H20N2O3. The maximum absolute atomic E-state index is 11.6. The van der Waals surface area contributed by atoms with Gasteiger partial charge in [0.05, 0.1) is 6.10 Å². The number of rotatable bonds is 0. The van der Waals surface area contributed by atoms with Crippen LogP contribution in [0.5, 0.6) is 0 Å². The third kappa shape index (κ3) is 3.68. The third-order valence-corrected chi connectivity index (χ3v) is 2.27. The van der Waals surface area contributed by atoms with E-state index in [1.54, 1.807) is 4.90 Å². The molecule has 0 unspecified atom stereocenters. The highest BCUT2D eigenvalue weighted by atomic mass is 16.6. The Hall–Kier alpha value is -0.810. The number of likely N-dealkylation sites (tertiary alicyclic amines) is 1. The van der Waals surface area contributed by atoms with Gasteiger partial charge in [-0.1, -0.05) is 0 Å². The van der Waals surface area contributed by atoms with Crippen LogP contribution >= 0.6 is 0 Å². The lowest BCUT2D eigenvalue weighted by Crippen LogP contribution is -2.53. The van der Waals surface area contributed by atoms with E-state index >= 15 is 0 Å². The van der Waals surface area contributed by atoms with Crippen molar-refractivity contribution in [1.29, 1.82) is 0 Å². The van der Waals surface area contributed by atoms with Crippen LogP contribution in [0.3, 0.4) is 0 Å².